The molecule has 0 atom stereocenters. The van der Waals surface area contributed by atoms with Crippen molar-refractivity contribution >= 4 is 29.9 Å². The Morgan fingerprint density at radius 1 is 1.28 bits per heavy atom. The van der Waals surface area contributed by atoms with Gasteiger partial charge in [-0.05, 0) is 18.9 Å². The van der Waals surface area contributed by atoms with Crippen LogP contribution in [-0.4, -0.2) is 37.2 Å². The van der Waals surface area contributed by atoms with E-state index in [9.17, 15) is 13.2 Å². The van der Waals surface area contributed by atoms with Crippen molar-refractivity contribution < 1.29 is 17.9 Å². The maximum atomic E-state index is 12.4. The molecule has 0 aliphatic heterocycles. The molecule has 5 nitrogen and oxygen atoms in total. The van der Waals surface area contributed by atoms with Gasteiger partial charge in [-0.2, -0.15) is 13.2 Å². The first-order valence-corrected chi connectivity index (χ1v) is 8.12. The number of aromatic nitrogens is 1. The first-order valence-electron chi connectivity index (χ1n) is 8.12. The number of nitrogens with zero attached hydrogens (tertiary/aromatic N) is 2. The third-order valence-electron chi connectivity index (χ3n) is 3.88. The molecule has 142 valence electrons. The highest BCUT2D eigenvalue weighted by molar-refractivity contribution is 14.0. The molecule has 0 amide bonds. The zero-order valence-electron chi connectivity index (χ0n) is 14.1. The zero-order valence-corrected chi connectivity index (χ0v) is 16.4. The molecule has 2 rings (SSSR count). The molecule has 0 spiro atoms. The predicted molar refractivity (Wildman–Crippen MR) is 102 cm³/mol. The lowest BCUT2D eigenvalue weighted by molar-refractivity contribution is -0.137. The van der Waals surface area contributed by atoms with Crippen LogP contribution in [0.5, 0.6) is 5.88 Å². The number of ether oxygens (including phenoxy) is 1. The number of aliphatic imine (C=N–C) groups is 1. The summed E-state index contributed by atoms with van der Waals surface area (Å²) in [6.45, 7) is 0.763. The highest BCUT2D eigenvalue weighted by Crippen LogP contribution is 2.29. The van der Waals surface area contributed by atoms with Gasteiger partial charge in [0, 0.05) is 25.4 Å². The van der Waals surface area contributed by atoms with Crippen molar-refractivity contribution in [2.24, 2.45) is 4.99 Å². The van der Waals surface area contributed by atoms with Crippen LogP contribution in [0.15, 0.2) is 23.3 Å². The molecule has 1 aliphatic rings. The van der Waals surface area contributed by atoms with Gasteiger partial charge < -0.3 is 15.4 Å². The predicted octanol–water partition coefficient (Wildman–Crippen LogP) is 3.59. The Hall–Kier alpha value is -1.26. The Bertz CT molecular complexity index is 531. The van der Waals surface area contributed by atoms with Gasteiger partial charge >= 0.3 is 6.18 Å². The van der Waals surface area contributed by atoms with Gasteiger partial charge in [0.15, 0.2) is 5.96 Å². The first kappa shape index (κ1) is 21.8. The van der Waals surface area contributed by atoms with Crippen LogP contribution in [-0.2, 0) is 6.18 Å². The van der Waals surface area contributed by atoms with E-state index in [0.29, 0.717) is 18.5 Å². The number of pyridine rings is 1. The number of alkyl halides is 3. The Balaban J connectivity index is 0.00000312. The molecule has 1 heterocycles. The summed E-state index contributed by atoms with van der Waals surface area (Å²) >= 11 is 0. The van der Waals surface area contributed by atoms with Crippen LogP contribution in [0.4, 0.5) is 13.2 Å². The van der Waals surface area contributed by atoms with E-state index in [0.717, 1.165) is 25.1 Å². The summed E-state index contributed by atoms with van der Waals surface area (Å²) in [5.41, 5.74) is -0.787. The summed E-state index contributed by atoms with van der Waals surface area (Å²) in [4.78, 5) is 7.82. The average molecular weight is 472 g/mol. The van der Waals surface area contributed by atoms with Gasteiger partial charge in [0.25, 0.3) is 0 Å². The highest BCUT2D eigenvalue weighted by atomic mass is 127. The highest BCUT2D eigenvalue weighted by Gasteiger charge is 2.30. The van der Waals surface area contributed by atoms with E-state index in [-0.39, 0.29) is 36.5 Å². The topological polar surface area (TPSA) is 58.5 Å². The molecule has 25 heavy (non-hydrogen) atoms. The fourth-order valence-corrected chi connectivity index (χ4v) is 2.59. The van der Waals surface area contributed by atoms with Gasteiger partial charge in [0.1, 0.15) is 6.61 Å². The lowest BCUT2D eigenvalue weighted by atomic mass is 9.96. The van der Waals surface area contributed by atoms with Crippen molar-refractivity contribution in [1.29, 1.82) is 0 Å². The van der Waals surface area contributed by atoms with Crippen molar-refractivity contribution in [2.75, 3.05) is 20.2 Å². The Morgan fingerprint density at radius 2 is 2.00 bits per heavy atom. The van der Waals surface area contributed by atoms with Crippen molar-refractivity contribution in [1.82, 2.24) is 15.6 Å². The van der Waals surface area contributed by atoms with Crippen LogP contribution in [0.3, 0.4) is 0 Å². The number of hydrogen-bond donors (Lipinski definition) is 2. The minimum absolute atomic E-state index is 0. The molecule has 0 unspecified atom stereocenters. The Morgan fingerprint density at radius 3 is 2.56 bits per heavy atom. The molecule has 0 aromatic carbocycles. The molecule has 2 N–H and O–H groups in total. The fraction of sp³-hybridized carbons (Fsp3) is 0.625. The molecule has 1 aliphatic carbocycles. The molecular formula is C16H24F3IN4O. The summed E-state index contributed by atoms with van der Waals surface area (Å²) in [5, 5.41) is 6.50. The second-order valence-corrected chi connectivity index (χ2v) is 5.71. The molecule has 1 fully saturated rings. The minimum atomic E-state index is -4.38. The zero-order chi connectivity index (χ0) is 17.4. The monoisotopic (exact) mass is 472 g/mol. The van der Waals surface area contributed by atoms with Crippen molar-refractivity contribution in [2.45, 2.75) is 44.3 Å². The lowest BCUT2D eigenvalue weighted by Gasteiger charge is -2.24. The summed E-state index contributed by atoms with van der Waals surface area (Å²) in [7, 11) is 1.70. The van der Waals surface area contributed by atoms with E-state index in [1.807, 2.05) is 0 Å². The van der Waals surface area contributed by atoms with Crippen LogP contribution in [0, 0.1) is 0 Å². The third-order valence-corrected chi connectivity index (χ3v) is 3.88. The Labute approximate surface area is 162 Å². The van der Waals surface area contributed by atoms with E-state index in [1.165, 1.54) is 25.3 Å². The molecular weight excluding hydrogens is 448 g/mol. The molecule has 0 saturated heterocycles. The van der Waals surface area contributed by atoms with Crippen molar-refractivity contribution in [3.8, 4) is 5.88 Å². The Kier molecular flexibility index (Phi) is 9.30. The van der Waals surface area contributed by atoms with Crippen LogP contribution < -0.4 is 15.4 Å². The molecule has 1 saturated carbocycles. The van der Waals surface area contributed by atoms with Gasteiger partial charge in [-0.15, -0.1) is 24.0 Å². The molecule has 1 aromatic heterocycles. The summed E-state index contributed by atoms with van der Waals surface area (Å²) < 4.78 is 42.6. The summed E-state index contributed by atoms with van der Waals surface area (Å²) in [6, 6.07) is 2.62. The lowest BCUT2D eigenvalue weighted by Crippen LogP contribution is -2.45. The minimum Gasteiger partial charge on any atom is -0.476 e. The number of nitrogens with one attached hydrogen (secondary N) is 2. The number of halogens is 4. The smallest absolute Gasteiger partial charge is 0.417 e. The standard InChI is InChI=1S/C16H23F3N4O.HI/c1-20-15(23-13-5-3-2-4-6-13)21-9-10-24-14-8-7-12(11-22-14)16(17,18)19;/h7-8,11,13H,2-6,9-10H2,1H3,(H2,20,21,23);1H. The van der Waals surface area contributed by atoms with Crippen LogP contribution in [0.2, 0.25) is 0 Å². The van der Waals surface area contributed by atoms with Crippen molar-refractivity contribution in [3.05, 3.63) is 23.9 Å². The number of guanidine groups is 1. The van der Waals surface area contributed by atoms with Crippen LogP contribution >= 0.6 is 24.0 Å². The van der Waals surface area contributed by atoms with E-state index in [4.69, 9.17) is 4.74 Å². The summed E-state index contributed by atoms with van der Waals surface area (Å²) in [6.07, 6.45) is 2.43. The SMILES string of the molecule is CN=C(NCCOc1ccc(C(F)(F)F)cn1)NC1CCCCC1.I. The maximum Gasteiger partial charge on any atom is 0.417 e. The van der Waals surface area contributed by atoms with Gasteiger partial charge in [-0.25, -0.2) is 4.98 Å². The van der Waals surface area contributed by atoms with Gasteiger partial charge in [0.05, 0.1) is 12.1 Å². The van der Waals surface area contributed by atoms with Crippen LogP contribution in [0.1, 0.15) is 37.7 Å². The summed E-state index contributed by atoms with van der Waals surface area (Å²) in [5.74, 6) is 0.880. The maximum absolute atomic E-state index is 12.4. The molecule has 9 heteroatoms. The van der Waals surface area contributed by atoms with E-state index >= 15 is 0 Å². The largest absolute Gasteiger partial charge is 0.476 e. The van der Waals surface area contributed by atoms with Gasteiger partial charge in [-0.3, -0.25) is 4.99 Å². The molecule has 0 bridgehead atoms. The van der Waals surface area contributed by atoms with Crippen molar-refractivity contribution in [3.63, 3.8) is 0 Å². The van der Waals surface area contributed by atoms with E-state index in [1.54, 1.807) is 7.05 Å². The fourth-order valence-electron chi connectivity index (χ4n) is 2.59. The molecule has 1 aromatic rings. The van der Waals surface area contributed by atoms with Gasteiger partial charge in [0.2, 0.25) is 5.88 Å². The second kappa shape index (κ2) is 10.7. The van der Waals surface area contributed by atoms with E-state index in [2.05, 4.69) is 20.6 Å². The number of rotatable bonds is 5. The number of hydrogen-bond acceptors (Lipinski definition) is 3. The molecule has 0 radical (unpaired) electrons. The van der Waals surface area contributed by atoms with Crippen LogP contribution in [0.25, 0.3) is 0 Å². The van der Waals surface area contributed by atoms with E-state index < -0.39 is 11.7 Å². The van der Waals surface area contributed by atoms with Gasteiger partial charge in [-0.1, -0.05) is 19.3 Å². The normalized spacial score (nSPS) is 16.1. The average Bonchev–Trinajstić information content (AvgIpc) is 2.58. The first-order chi connectivity index (χ1) is 11.5. The quantitative estimate of drug-likeness (QED) is 0.298. The third kappa shape index (κ3) is 7.66. The second-order valence-electron chi connectivity index (χ2n) is 5.71.